The lowest BCUT2D eigenvalue weighted by Crippen LogP contribution is -2.48. The summed E-state index contributed by atoms with van der Waals surface area (Å²) in [6.45, 7) is 4.25. The number of non-ortho nitro benzene ring substituents is 1. The predicted molar refractivity (Wildman–Crippen MR) is 117 cm³/mol. The van der Waals surface area contributed by atoms with Gasteiger partial charge in [0.05, 0.1) is 23.1 Å². The first-order chi connectivity index (χ1) is 15.4. The number of carbonyl (C=O) groups excluding carboxylic acids is 1. The number of nitro benzene ring substituents is 2. The number of nitrogens with zero attached hydrogens (tertiary/aromatic N) is 5. The van der Waals surface area contributed by atoms with Crippen LogP contribution in [0.5, 0.6) is 0 Å². The largest absolute Gasteiger partial charge is 0.378 e. The molecule has 4 rings (SSSR count). The third-order valence-electron chi connectivity index (χ3n) is 5.74. The summed E-state index contributed by atoms with van der Waals surface area (Å²) in [5.74, 6) is -0.244. The fourth-order valence-electron chi connectivity index (χ4n) is 4.02. The molecule has 2 fully saturated rings. The molecule has 168 valence electrons. The molecule has 0 aromatic heterocycles. The summed E-state index contributed by atoms with van der Waals surface area (Å²) in [6, 6.07) is 10.8. The Bertz CT molecular complexity index is 1030. The van der Waals surface area contributed by atoms with Gasteiger partial charge in [0.1, 0.15) is 5.69 Å². The average molecular weight is 441 g/mol. The summed E-state index contributed by atoms with van der Waals surface area (Å²) in [6.07, 6.45) is 0. The molecular weight excluding hydrogens is 418 g/mol. The van der Waals surface area contributed by atoms with E-state index in [2.05, 4.69) is 4.90 Å². The van der Waals surface area contributed by atoms with Crippen LogP contribution in [0.4, 0.5) is 22.7 Å². The SMILES string of the molecule is O=C(c1cccc([N+](=O)[O-])c1)N1CCN(c2ccc([N+](=O)[O-])c(N3CCOCC3)c2)CC1. The third-order valence-corrected chi connectivity index (χ3v) is 5.74. The maximum Gasteiger partial charge on any atom is 0.292 e. The van der Waals surface area contributed by atoms with E-state index in [4.69, 9.17) is 4.74 Å². The minimum atomic E-state index is -0.518. The van der Waals surface area contributed by atoms with Crippen molar-refractivity contribution in [2.75, 3.05) is 62.3 Å². The van der Waals surface area contributed by atoms with Crippen molar-refractivity contribution in [3.63, 3.8) is 0 Å². The molecule has 2 heterocycles. The van der Waals surface area contributed by atoms with Gasteiger partial charge in [-0.25, -0.2) is 0 Å². The summed E-state index contributed by atoms with van der Waals surface area (Å²) in [5, 5.41) is 22.5. The van der Waals surface area contributed by atoms with Gasteiger partial charge in [-0.3, -0.25) is 25.0 Å². The van der Waals surface area contributed by atoms with Crippen LogP contribution in [-0.4, -0.2) is 73.1 Å². The summed E-state index contributed by atoms with van der Waals surface area (Å²) < 4.78 is 5.36. The van der Waals surface area contributed by atoms with E-state index in [9.17, 15) is 25.0 Å². The van der Waals surface area contributed by atoms with Crippen LogP contribution < -0.4 is 9.80 Å². The maximum atomic E-state index is 12.8. The number of carbonyl (C=O) groups is 1. The van der Waals surface area contributed by atoms with Gasteiger partial charge < -0.3 is 19.4 Å². The van der Waals surface area contributed by atoms with Gasteiger partial charge >= 0.3 is 0 Å². The van der Waals surface area contributed by atoms with Crippen LogP contribution in [0.2, 0.25) is 0 Å². The first-order valence-electron chi connectivity index (χ1n) is 10.3. The summed E-state index contributed by atoms with van der Waals surface area (Å²) >= 11 is 0. The lowest BCUT2D eigenvalue weighted by atomic mass is 10.1. The molecule has 2 aromatic rings. The van der Waals surface area contributed by atoms with Crippen molar-refractivity contribution in [3.8, 4) is 0 Å². The van der Waals surface area contributed by atoms with E-state index in [1.165, 1.54) is 24.3 Å². The number of morpholine rings is 1. The number of ether oxygens (including phenoxy) is 1. The van der Waals surface area contributed by atoms with Crippen LogP contribution in [0.15, 0.2) is 42.5 Å². The molecule has 11 nitrogen and oxygen atoms in total. The van der Waals surface area contributed by atoms with E-state index >= 15 is 0 Å². The Morgan fingerprint density at radius 1 is 0.844 bits per heavy atom. The number of piperazine rings is 1. The molecular formula is C21H23N5O6. The molecule has 2 aromatic carbocycles. The molecule has 0 atom stereocenters. The van der Waals surface area contributed by atoms with E-state index in [-0.39, 0.29) is 27.8 Å². The van der Waals surface area contributed by atoms with Gasteiger partial charge in [-0.05, 0) is 18.2 Å². The Labute approximate surface area is 184 Å². The van der Waals surface area contributed by atoms with Gasteiger partial charge in [-0.15, -0.1) is 0 Å². The summed E-state index contributed by atoms with van der Waals surface area (Å²) in [4.78, 5) is 40.1. The molecule has 2 saturated heterocycles. The van der Waals surface area contributed by atoms with Crippen LogP contribution in [0.25, 0.3) is 0 Å². The van der Waals surface area contributed by atoms with Crippen LogP contribution in [0.1, 0.15) is 10.4 Å². The molecule has 0 N–H and O–H groups in total. The second-order valence-electron chi connectivity index (χ2n) is 7.62. The first kappa shape index (κ1) is 21.5. The maximum absolute atomic E-state index is 12.8. The molecule has 11 heteroatoms. The van der Waals surface area contributed by atoms with Gasteiger partial charge in [0.25, 0.3) is 17.3 Å². The highest BCUT2D eigenvalue weighted by molar-refractivity contribution is 5.95. The third kappa shape index (κ3) is 4.47. The summed E-state index contributed by atoms with van der Waals surface area (Å²) in [7, 11) is 0. The molecule has 0 radical (unpaired) electrons. The minimum Gasteiger partial charge on any atom is -0.378 e. The number of hydrogen-bond acceptors (Lipinski definition) is 8. The van der Waals surface area contributed by atoms with E-state index in [0.29, 0.717) is 58.2 Å². The van der Waals surface area contributed by atoms with E-state index in [1.807, 2.05) is 11.0 Å². The second-order valence-corrected chi connectivity index (χ2v) is 7.62. The lowest BCUT2D eigenvalue weighted by molar-refractivity contribution is -0.384. The minimum absolute atomic E-state index is 0.0649. The number of benzene rings is 2. The summed E-state index contributed by atoms with van der Waals surface area (Å²) in [5.41, 5.74) is 1.68. The van der Waals surface area contributed by atoms with E-state index in [0.717, 1.165) is 5.69 Å². The van der Waals surface area contributed by atoms with Crippen molar-refractivity contribution in [1.82, 2.24) is 4.90 Å². The second kappa shape index (κ2) is 9.18. The van der Waals surface area contributed by atoms with Gasteiger partial charge in [-0.1, -0.05) is 6.07 Å². The monoisotopic (exact) mass is 441 g/mol. The molecule has 0 aliphatic carbocycles. The Kier molecular flexibility index (Phi) is 6.17. The van der Waals surface area contributed by atoms with Crippen LogP contribution in [0.3, 0.4) is 0 Å². The van der Waals surface area contributed by atoms with Gasteiger partial charge in [0, 0.05) is 68.7 Å². The average Bonchev–Trinajstić information content (AvgIpc) is 2.84. The van der Waals surface area contributed by atoms with Crippen molar-refractivity contribution < 1.29 is 19.4 Å². The molecule has 0 saturated carbocycles. The number of rotatable bonds is 5. The lowest BCUT2D eigenvalue weighted by Gasteiger charge is -2.37. The van der Waals surface area contributed by atoms with Crippen molar-refractivity contribution in [1.29, 1.82) is 0 Å². The quantitative estimate of drug-likeness (QED) is 0.512. The van der Waals surface area contributed by atoms with Crippen LogP contribution >= 0.6 is 0 Å². The zero-order chi connectivity index (χ0) is 22.7. The predicted octanol–water partition coefficient (Wildman–Crippen LogP) is 2.30. The van der Waals surface area contributed by atoms with Gasteiger partial charge in [-0.2, -0.15) is 0 Å². The van der Waals surface area contributed by atoms with Crippen molar-refractivity contribution in [2.24, 2.45) is 0 Å². The normalized spacial score (nSPS) is 16.7. The molecule has 0 unspecified atom stereocenters. The smallest absolute Gasteiger partial charge is 0.292 e. The molecule has 32 heavy (non-hydrogen) atoms. The van der Waals surface area contributed by atoms with Crippen molar-refractivity contribution >= 4 is 28.7 Å². The Morgan fingerprint density at radius 3 is 2.22 bits per heavy atom. The number of hydrogen-bond donors (Lipinski definition) is 0. The first-order valence-corrected chi connectivity index (χ1v) is 10.3. The topological polar surface area (TPSA) is 122 Å². The van der Waals surface area contributed by atoms with Crippen LogP contribution in [0, 0.1) is 20.2 Å². The molecule has 0 spiro atoms. The Hall–Kier alpha value is -3.73. The fourth-order valence-corrected chi connectivity index (χ4v) is 4.02. The number of anilines is 2. The Balaban J connectivity index is 1.47. The van der Waals surface area contributed by atoms with E-state index < -0.39 is 4.92 Å². The highest BCUT2D eigenvalue weighted by atomic mass is 16.6. The van der Waals surface area contributed by atoms with Crippen molar-refractivity contribution in [2.45, 2.75) is 0 Å². The van der Waals surface area contributed by atoms with Gasteiger partial charge in [0.15, 0.2) is 0 Å². The molecule has 0 bridgehead atoms. The highest BCUT2D eigenvalue weighted by Gasteiger charge is 2.26. The molecule has 1 amide bonds. The van der Waals surface area contributed by atoms with Crippen molar-refractivity contribution in [3.05, 3.63) is 68.3 Å². The zero-order valence-corrected chi connectivity index (χ0v) is 17.4. The highest BCUT2D eigenvalue weighted by Crippen LogP contribution is 2.33. The van der Waals surface area contributed by atoms with E-state index in [1.54, 1.807) is 17.0 Å². The standard InChI is InChI=1S/C21H23N5O6/c27-21(16-2-1-3-18(14-16)25(28)29)24-8-6-22(7-9-24)17-4-5-19(26(30)31)20(15-17)23-10-12-32-13-11-23/h1-5,14-15H,6-13H2. The van der Waals surface area contributed by atoms with Crippen LogP contribution in [-0.2, 0) is 4.74 Å². The number of nitro groups is 2. The molecule has 2 aliphatic rings. The number of amides is 1. The Morgan fingerprint density at radius 2 is 1.56 bits per heavy atom. The fraction of sp³-hybridized carbons (Fsp3) is 0.381. The van der Waals surface area contributed by atoms with Gasteiger partial charge in [0.2, 0.25) is 0 Å². The zero-order valence-electron chi connectivity index (χ0n) is 17.4. The molecule has 2 aliphatic heterocycles.